The zero-order chi connectivity index (χ0) is 14.9. The fourth-order valence-electron chi connectivity index (χ4n) is 3.59. The summed E-state index contributed by atoms with van der Waals surface area (Å²) in [5.74, 6) is 0.768. The molecule has 1 aromatic rings. The van der Waals surface area contributed by atoms with Gasteiger partial charge in [-0.15, -0.1) is 0 Å². The fraction of sp³-hybridized carbons (Fsp3) is 0.667. The van der Waals surface area contributed by atoms with Gasteiger partial charge in [0.05, 0.1) is 0 Å². The molecule has 0 radical (unpaired) electrons. The number of aryl methyl sites for hydroxylation is 3. The van der Waals surface area contributed by atoms with E-state index in [1.54, 1.807) is 0 Å². The maximum Gasteiger partial charge on any atom is 0.0476 e. The van der Waals surface area contributed by atoms with Crippen LogP contribution in [-0.2, 0) is 0 Å². The monoisotopic (exact) mass is 274 g/mol. The number of hydrogen-bond acceptors (Lipinski definition) is 2. The van der Waals surface area contributed by atoms with E-state index in [4.69, 9.17) is 5.73 Å². The summed E-state index contributed by atoms with van der Waals surface area (Å²) in [7, 11) is 0. The molecule has 0 saturated carbocycles. The molecule has 0 spiro atoms. The van der Waals surface area contributed by atoms with Gasteiger partial charge in [-0.05, 0) is 75.3 Å². The van der Waals surface area contributed by atoms with Crippen molar-refractivity contribution in [1.82, 2.24) is 4.90 Å². The Balaban J connectivity index is 2.34. The number of nitrogens with zero attached hydrogens (tertiary/aromatic N) is 1. The molecule has 2 nitrogen and oxygen atoms in total. The Hall–Kier alpha value is -0.860. The summed E-state index contributed by atoms with van der Waals surface area (Å²) in [4.78, 5) is 2.63. The van der Waals surface area contributed by atoms with E-state index >= 15 is 0 Å². The van der Waals surface area contributed by atoms with Crippen LogP contribution in [0, 0.1) is 26.7 Å². The lowest BCUT2D eigenvalue weighted by Gasteiger charge is -2.43. The van der Waals surface area contributed by atoms with Crippen LogP contribution in [0.15, 0.2) is 12.1 Å². The average molecular weight is 274 g/mol. The topological polar surface area (TPSA) is 29.3 Å². The van der Waals surface area contributed by atoms with Crippen molar-refractivity contribution in [3.8, 4) is 0 Å². The van der Waals surface area contributed by atoms with Crippen molar-refractivity contribution >= 4 is 0 Å². The molecule has 3 atom stereocenters. The molecule has 2 rings (SSSR count). The van der Waals surface area contributed by atoms with Gasteiger partial charge in [-0.1, -0.05) is 19.1 Å². The molecule has 2 heteroatoms. The minimum atomic E-state index is 0.368. The van der Waals surface area contributed by atoms with Crippen LogP contribution in [0.25, 0.3) is 0 Å². The Bertz CT molecular complexity index is 467. The Labute approximate surface area is 124 Å². The van der Waals surface area contributed by atoms with Crippen LogP contribution in [0.2, 0.25) is 0 Å². The minimum absolute atomic E-state index is 0.368. The van der Waals surface area contributed by atoms with Crippen molar-refractivity contribution in [1.29, 1.82) is 0 Å². The second-order valence-electron chi connectivity index (χ2n) is 6.64. The molecule has 2 N–H and O–H groups in total. The predicted octanol–water partition coefficient (Wildman–Crippen LogP) is 3.73. The van der Waals surface area contributed by atoms with Crippen molar-refractivity contribution in [3.05, 3.63) is 34.4 Å². The lowest BCUT2D eigenvalue weighted by molar-refractivity contribution is 0.0707. The third kappa shape index (κ3) is 2.91. The van der Waals surface area contributed by atoms with Gasteiger partial charge in [-0.25, -0.2) is 0 Å². The van der Waals surface area contributed by atoms with Crippen molar-refractivity contribution in [2.24, 2.45) is 11.7 Å². The van der Waals surface area contributed by atoms with E-state index in [9.17, 15) is 0 Å². The number of piperidine rings is 1. The lowest BCUT2D eigenvalue weighted by Crippen LogP contribution is -2.46. The van der Waals surface area contributed by atoms with Crippen molar-refractivity contribution in [3.63, 3.8) is 0 Å². The first-order valence-electron chi connectivity index (χ1n) is 7.99. The van der Waals surface area contributed by atoms with Crippen LogP contribution in [0.4, 0.5) is 0 Å². The zero-order valence-electron chi connectivity index (χ0n) is 13.7. The predicted molar refractivity (Wildman–Crippen MR) is 87.0 cm³/mol. The molecule has 1 saturated heterocycles. The molecule has 1 aromatic carbocycles. The number of rotatable bonds is 3. The summed E-state index contributed by atoms with van der Waals surface area (Å²) in [6, 6.07) is 5.66. The number of likely N-dealkylation sites (tertiary alicyclic amines) is 1. The highest BCUT2D eigenvalue weighted by atomic mass is 15.2. The Morgan fingerprint density at radius 3 is 2.45 bits per heavy atom. The molecule has 20 heavy (non-hydrogen) atoms. The lowest BCUT2D eigenvalue weighted by atomic mass is 9.87. The first kappa shape index (κ1) is 15.5. The quantitative estimate of drug-likeness (QED) is 0.910. The van der Waals surface area contributed by atoms with Gasteiger partial charge < -0.3 is 5.73 Å². The molecule has 3 unspecified atom stereocenters. The van der Waals surface area contributed by atoms with E-state index < -0.39 is 0 Å². The molecule has 0 aromatic heterocycles. The Morgan fingerprint density at radius 1 is 1.15 bits per heavy atom. The van der Waals surface area contributed by atoms with E-state index in [1.807, 2.05) is 0 Å². The summed E-state index contributed by atoms with van der Waals surface area (Å²) in [6.07, 6.45) is 2.65. The van der Waals surface area contributed by atoms with Crippen LogP contribution >= 0.6 is 0 Å². The minimum Gasteiger partial charge on any atom is -0.329 e. The molecule has 1 fully saturated rings. The van der Waals surface area contributed by atoms with Crippen LogP contribution in [0.3, 0.4) is 0 Å². The summed E-state index contributed by atoms with van der Waals surface area (Å²) >= 11 is 0. The van der Waals surface area contributed by atoms with E-state index in [0.29, 0.717) is 18.6 Å². The second kappa shape index (κ2) is 6.28. The summed E-state index contributed by atoms with van der Waals surface area (Å²) in [5, 5.41) is 0. The van der Waals surface area contributed by atoms with Gasteiger partial charge in [0.25, 0.3) is 0 Å². The van der Waals surface area contributed by atoms with Crippen LogP contribution in [0.1, 0.15) is 55.0 Å². The maximum absolute atomic E-state index is 6.16. The van der Waals surface area contributed by atoms with Gasteiger partial charge in [0, 0.05) is 18.6 Å². The summed E-state index contributed by atoms with van der Waals surface area (Å²) < 4.78 is 0. The third-order valence-electron chi connectivity index (χ3n) is 5.29. The number of nitrogens with two attached hydrogens (primary N) is 1. The van der Waals surface area contributed by atoms with Crippen molar-refractivity contribution in [2.75, 3.05) is 13.1 Å². The van der Waals surface area contributed by atoms with Crippen LogP contribution < -0.4 is 5.73 Å². The van der Waals surface area contributed by atoms with Crippen LogP contribution in [-0.4, -0.2) is 24.0 Å². The highest BCUT2D eigenvalue weighted by molar-refractivity contribution is 5.38. The number of hydrogen-bond donors (Lipinski definition) is 1. The molecule has 0 amide bonds. The SMILES string of the molecule is Cc1cc(C)c(C(CN)N2CCCC(C)C2C)cc1C. The molecule has 0 bridgehead atoms. The molecular formula is C18H30N2. The van der Waals surface area contributed by atoms with Gasteiger partial charge in [0.1, 0.15) is 0 Å². The first-order chi connectivity index (χ1) is 9.45. The summed E-state index contributed by atoms with van der Waals surface area (Å²) in [6.45, 7) is 13.2. The highest BCUT2D eigenvalue weighted by Crippen LogP contribution is 2.33. The Morgan fingerprint density at radius 2 is 1.80 bits per heavy atom. The molecule has 1 aliphatic heterocycles. The Kier molecular flexibility index (Phi) is 4.87. The van der Waals surface area contributed by atoms with Crippen molar-refractivity contribution in [2.45, 2.75) is 59.5 Å². The van der Waals surface area contributed by atoms with Gasteiger partial charge in [-0.2, -0.15) is 0 Å². The zero-order valence-corrected chi connectivity index (χ0v) is 13.7. The van der Waals surface area contributed by atoms with Gasteiger partial charge in [0.15, 0.2) is 0 Å². The van der Waals surface area contributed by atoms with E-state index in [0.717, 1.165) is 5.92 Å². The fourth-order valence-corrected chi connectivity index (χ4v) is 3.59. The van der Waals surface area contributed by atoms with Gasteiger partial charge in [0.2, 0.25) is 0 Å². The first-order valence-corrected chi connectivity index (χ1v) is 7.99. The second-order valence-corrected chi connectivity index (χ2v) is 6.64. The van der Waals surface area contributed by atoms with E-state index in [1.165, 1.54) is 41.6 Å². The van der Waals surface area contributed by atoms with Gasteiger partial charge >= 0.3 is 0 Å². The van der Waals surface area contributed by atoms with E-state index in [2.05, 4.69) is 51.7 Å². The maximum atomic E-state index is 6.16. The molecular weight excluding hydrogens is 244 g/mol. The smallest absolute Gasteiger partial charge is 0.0476 e. The largest absolute Gasteiger partial charge is 0.329 e. The standard InChI is InChI=1S/C18H30N2/c1-12-7-6-8-20(16(12)5)18(11-19)17-10-14(3)13(2)9-15(17)4/h9-10,12,16,18H,6-8,11,19H2,1-5H3. The molecule has 112 valence electrons. The third-order valence-corrected chi connectivity index (χ3v) is 5.29. The normalized spacial score (nSPS) is 25.7. The molecule has 1 aliphatic rings. The molecule has 1 heterocycles. The molecule has 0 aliphatic carbocycles. The average Bonchev–Trinajstić information content (AvgIpc) is 2.41. The van der Waals surface area contributed by atoms with Gasteiger partial charge in [-0.3, -0.25) is 4.90 Å². The van der Waals surface area contributed by atoms with Crippen LogP contribution in [0.5, 0.6) is 0 Å². The number of benzene rings is 1. The highest BCUT2D eigenvalue weighted by Gasteiger charge is 2.31. The summed E-state index contributed by atoms with van der Waals surface area (Å²) in [5.41, 5.74) is 11.7. The van der Waals surface area contributed by atoms with Crippen molar-refractivity contribution < 1.29 is 0 Å². The van der Waals surface area contributed by atoms with E-state index in [-0.39, 0.29) is 0 Å².